The molecule has 0 aliphatic carbocycles. The van der Waals surface area contributed by atoms with Gasteiger partial charge in [-0.25, -0.2) is 0 Å². The number of hydrogen-bond acceptors (Lipinski definition) is 4. The van der Waals surface area contributed by atoms with Gasteiger partial charge in [0.15, 0.2) is 0 Å². The Kier molecular flexibility index (Phi) is 4.29. The summed E-state index contributed by atoms with van der Waals surface area (Å²) in [6.07, 6.45) is 0. The first kappa shape index (κ1) is 14.4. The van der Waals surface area contributed by atoms with E-state index < -0.39 is 16.4 Å². The topological polar surface area (TPSA) is 66.7 Å². The summed E-state index contributed by atoms with van der Waals surface area (Å²) in [6, 6.07) is 3.96. The zero-order chi connectivity index (χ0) is 14.7. The van der Waals surface area contributed by atoms with Crippen LogP contribution in [-0.4, -0.2) is 46.8 Å². The molecule has 7 heteroatoms. The number of nitro benzene ring substituents is 1. The van der Waals surface area contributed by atoms with Gasteiger partial charge in [-0.1, -0.05) is 6.07 Å². The molecule has 0 N–H and O–H groups in total. The molecule has 0 unspecified atom stereocenters. The van der Waals surface area contributed by atoms with E-state index in [9.17, 15) is 19.3 Å². The molecule has 0 bridgehead atoms. The lowest BCUT2D eigenvalue weighted by atomic mass is 10.1. The van der Waals surface area contributed by atoms with E-state index in [0.717, 1.165) is 13.1 Å². The minimum Gasteiger partial charge on any atom is -0.340 e. The van der Waals surface area contributed by atoms with Gasteiger partial charge < -0.3 is 4.90 Å². The summed E-state index contributed by atoms with van der Waals surface area (Å²) in [4.78, 5) is 24.9. The number of hydrogen-bond donors (Lipinski definition) is 0. The first-order valence-corrected chi connectivity index (χ1v) is 6.38. The zero-order valence-corrected chi connectivity index (χ0v) is 11.2. The molecule has 108 valence electrons. The lowest BCUT2D eigenvalue weighted by molar-refractivity contribution is -0.387. The minimum atomic E-state index is -0.810. The van der Waals surface area contributed by atoms with E-state index in [4.69, 9.17) is 0 Å². The van der Waals surface area contributed by atoms with Crippen LogP contribution in [0.15, 0.2) is 18.2 Å². The van der Waals surface area contributed by atoms with Crippen molar-refractivity contribution in [1.29, 1.82) is 0 Å². The van der Waals surface area contributed by atoms with Crippen LogP contribution in [0, 0.1) is 15.9 Å². The van der Waals surface area contributed by atoms with Crippen molar-refractivity contribution >= 4 is 11.6 Å². The SMILES string of the molecule is CC(=O)N1CCN(Cc2ccc([N+](=O)[O-])c(F)c2)CC1. The number of carbonyl (C=O) groups excluding carboxylic acids is 1. The standard InChI is InChI=1S/C13H16FN3O3/c1-10(18)16-6-4-15(5-7-16)9-11-2-3-13(17(19)20)12(14)8-11/h2-3,8H,4-7,9H2,1H3. The van der Waals surface area contributed by atoms with E-state index in [1.807, 2.05) is 0 Å². The number of nitrogens with zero attached hydrogens (tertiary/aromatic N) is 3. The molecule has 0 aromatic heterocycles. The Morgan fingerprint density at radius 2 is 2.00 bits per heavy atom. The van der Waals surface area contributed by atoms with Gasteiger partial charge in [0.1, 0.15) is 0 Å². The van der Waals surface area contributed by atoms with Crippen LogP contribution in [0.2, 0.25) is 0 Å². The maximum atomic E-state index is 13.5. The average Bonchev–Trinajstić information content (AvgIpc) is 2.39. The Bertz CT molecular complexity index is 528. The van der Waals surface area contributed by atoms with E-state index >= 15 is 0 Å². The Morgan fingerprint density at radius 3 is 2.50 bits per heavy atom. The summed E-state index contributed by atoms with van der Waals surface area (Å²) < 4.78 is 13.5. The summed E-state index contributed by atoms with van der Waals surface area (Å²) in [7, 11) is 0. The second-order valence-corrected chi connectivity index (χ2v) is 4.83. The number of nitro groups is 1. The molecule has 0 radical (unpaired) electrons. The minimum absolute atomic E-state index is 0.0611. The highest BCUT2D eigenvalue weighted by Crippen LogP contribution is 2.19. The maximum Gasteiger partial charge on any atom is 0.304 e. The van der Waals surface area contributed by atoms with Gasteiger partial charge in [0.25, 0.3) is 0 Å². The van der Waals surface area contributed by atoms with Crippen molar-refractivity contribution in [1.82, 2.24) is 9.80 Å². The van der Waals surface area contributed by atoms with E-state index in [1.165, 1.54) is 12.1 Å². The van der Waals surface area contributed by atoms with Crippen LogP contribution in [0.3, 0.4) is 0 Å². The summed E-state index contributed by atoms with van der Waals surface area (Å²) in [5.74, 6) is -0.749. The smallest absolute Gasteiger partial charge is 0.304 e. The quantitative estimate of drug-likeness (QED) is 0.620. The predicted molar refractivity (Wildman–Crippen MR) is 70.6 cm³/mol. The molecule has 0 saturated carbocycles. The molecule has 1 aliphatic rings. The molecule has 1 aliphatic heterocycles. The fraction of sp³-hybridized carbons (Fsp3) is 0.462. The van der Waals surface area contributed by atoms with Crippen molar-refractivity contribution in [3.05, 3.63) is 39.7 Å². The fourth-order valence-corrected chi connectivity index (χ4v) is 2.28. The molecule has 6 nitrogen and oxygen atoms in total. The van der Waals surface area contributed by atoms with Gasteiger partial charge in [-0.15, -0.1) is 0 Å². The lowest BCUT2D eigenvalue weighted by Gasteiger charge is -2.34. The van der Waals surface area contributed by atoms with E-state index in [2.05, 4.69) is 4.90 Å². The van der Waals surface area contributed by atoms with Crippen LogP contribution in [0.25, 0.3) is 0 Å². The molecule has 1 aromatic rings. The van der Waals surface area contributed by atoms with Gasteiger partial charge in [0.2, 0.25) is 11.7 Å². The highest BCUT2D eigenvalue weighted by Gasteiger charge is 2.20. The Balaban J connectivity index is 1.96. The van der Waals surface area contributed by atoms with E-state index in [-0.39, 0.29) is 5.91 Å². The van der Waals surface area contributed by atoms with E-state index in [0.29, 0.717) is 25.2 Å². The molecule has 0 atom stereocenters. The molecule has 1 amide bonds. The first-order valence-electron chi connectivity index (χ1n) is 6.38. The zero-order valence-electron chi connectivity index (χ0n) is 11.2. The molecule has 1 saturated heterocycles. The number of amides is 1. The molecule has 1 aromatic carbocycles. The van der Waals surface area contributed by atoms with Crippen LogP contribution in [0.5, 0.6) is 0 Å². The van der Waals surface area contributed by atoms with Crippen molar-refractivity contribution in [3.63, 3.8) is 0 Å². The van der Waals surface area contributed by atoms with Crippen LogP contribution < -0.4 is 0 Å². The number of carbonyl (C=O) groups is 1. The molecule has 20 heavy (non-hydrogen) atoms. The van der Waals surface area contributed by atoms with Crippen molar-refractivity contribution in [2.24, 2.45) is 0 Å². The first-order chi connectivity index (χ1) is 9.47. The van der Waals surface area contributed by atoms with Gasteiger partial charge in [-0.2, -0.15) is 4.39 Å². The maximum absolute atomic E-state index is 13.5. The van der Waals surface area contributed by atoms with Crippen molar-refractivity contribution in [2.75, 3.05) is 26.2 Å². The summed E-state index contributed by atoms with van der Waals surface area (Å²) in [5, 5.41) is 10.5. The lowest BCUT2D eigenvalue weighted by Crippen LogP contribution is -2.47. The number of piperazine rings is 1. The van der Waals surface area contributed by atoms with Gasteiger partial charge >= 0.3 is 5.69 Å². The predicted octanol–water partition coefficient (Wildman–Crippen LogP) is 1.40. The summed E-state index contributed by atoms with van der Waals surface area (Å²) in [5.41, 5.74) is 0.194. The highest BCUT2D eigenvalue weighted by molar-refractivity contribution is 5.73. The monoisotopic (exact) mass is 281 g/mol. The molecular formula is C13H16FN3O3. The summed E-state index contributed by atoms with van der Waals surface area (Å²) >= 11 is 0. The molecule has 2 rings (SSSR count). The normalized spacial score (nSPS) is 16.2. The number of halogens is 1. The Hall–Kier alpha value is -2.02. The second-order valence-electron chi connectivity index (χ2n) is 4.83. The molecule has 1 fully saturated rings. The average molecular weight is 281 g/mol. The van der Waals surface area contributed by atoms with Crippen molar-refractivity contribution < 1.29 is 14.1 Å². The van der Waals surface area contributed by atoms with Gasteiger partial charge in [0.05, 0.1) is 4.92 Å². The van der Waals surface area contributed by atoms with E-state index in [1.54, 1.807) is 17.9 Å². The number of benzene rings is 1. The third kappa shape index (κ3) is 3.30. The van der Waals surface area contributed by atoms with Crippen LogP contribution in [0.1, 0.15) is 12.5 Å². The molecular weight excluding hydrogens is 265 g/mol. The van der Waals surface area contributed by atoms with Gasteiger partial charge in [-0.05, 0) is 11.6 Å². The Morgan fingerprint density at radius 1 is 1.35 bits per heavy atom. The van der Waals surface area contributed by atoms with Crippen LogP contribution in [0.4, 0.5) is 10.1 Å². The number of rotatable bonds is 3. The van der Waals surface area contributed by atoms with Gasteiger partial charge in [0, 0.05) is 45.7 Å². The molecule has 0 spiro atoms. The van der Waals surface area contributed by atoms with Crippen molar-refractivity contribution in [3.8, 4) is 0 Å². The third-order valence-electron chi connectivity index (χ3n) is 3.43. The highest BCUT2D eigenvalue weighted by atomic mass is 19.1. The summed E-state index contributed by atoms with van der Waals surface area (Å²) in [6.45, 7) is 4.83. The fourth-order valence-electron chi connectivity index (χ4n) is 2.28. The van der Waals surface area contributed by atoms with Crippen LogP contribution in [-0.2, 0) is 11.3 Å². The van der Waals surface area contributed by atoms with Crippen molar-refractivity contribution in [2.45, 2.75) is 13.5 Å². The van der Waals surface area contributed by atoms with Gasteiger partial charge in [-0.3, -0.25) is 19.8 Å². The largest absolute Gasteiger partial charge is 0.340 e. The molecule has 1 heterocycles. The second kappa shape index (κ2) is 5.96. The van der Waals surface area contributed by atoms with Crippen LogP contribution >= 0.6 is 0 Å². The third-order valence-corrected chi connectivity index (χ3v) is 3.43. The Labute approximate surface area is 115 Å².